The summed E-state index contributed by atoms with van der Waals surface area (Å²) in [6.45, 7) is 13.3. The zero-order valence-electron chi connectivity index (χ0n) is 16.2. The Hall–Kier alpha value is -2.35. The summed E-state index contributed by atoms with van der Waals surface area (Å²) in [4.78, 5) is 12.6. The minimum Gasteiger partial charge on any atom is -0.348 e. The van der Waals surface area contributed by atoms with Crippen LogP contribution in [-0.4, -0.2) is 5.91 Å². The first-order chi connectivity index (χ1) is 11.8. The normalized spacial score (nSPS) is 10.7. The van der Waals surface area contributed by atoms with E-state index in [2.05, 4.69) is 71.1 Å². The molecule has 2 aromatic carbocycles. The van der Waals surface area contributed by atoms with Gasteiger partial charge < -0.3 is 5.32 Å². The maximum absolute atomic E-state index is 12.6. The van der Waals surface area contributed by atoms with Crippen LogP contribution < -0.4 is 5.32 Å². The van der Waals surface area contributed by atoms with Gasteiger partial charge in [0.1, 0.15) is 0 Å². The standard InChI is InChI=1S/C23H29NO/c1-15(2)18(6)22-13-21(11-10-17(22)5)23(25)24-14-19-8-7-9-20(12-19)16(3)4/h7-13,16H,14H2,1-6H3,(H,24,25). The quantitative estimate of drug-likeness (QED) is 0.728. The molecule has 0 spiro atoms. The molecular formula is C23H29NO. The number of rotatable bonds is 5. The predicted octanol–water partition coefficient (Wildman–Crippen LogP) is 5.86. The third-order valence-corrected chi connectivity index (χ3v) is 4.72. The SMILES string of the molecule is CC(C)=C(C)c1cc(C(=O)NCc2cccc(C(C)C)c2)ccc1C. The van der Waals surface area contributed by atoms with Crippen molar-refractivity contribution >= 4 is 11.5 Å². The fourth-order valence-electron chi connectivity index (χ4n) is 2.78. The summed E-state index contributed by atoms with van der Waals surface area (Å²) in [6.07, 6.45) is 0. The Morgan fingerprint density at radius 3 is 2.40 bits per heavy atom. The molecule has 0 atom stereocenters. The Labute approximate surface area is 152 Å². The zero-order chi connectivity index (χ0) is 18.6. The monoisotopic (exact) mass is 335 g/mol. The van der Waals surface area contributed by atoms with Crippen LogP contribution in [-0.2, 0) is 6.54 Å². The predicted molar refractivity (Wildman–Crippen MR) is 107 cm³/mol. The van der Waals surface area contributed by atoms with Gasteiger partial charge in [-0.1, -0.05) is 49.8 Å². The first-order valence-corrected chi connectivity index (χ1v) is 8.91. The molecule has 25 heavy (non-hydrogen) atoms. The van der Waals surface area contributed by atoms with Crippen molar-refractivity contribution in [1.29, 1.82) is 0 Å². The molecule has 0 radical (unpaired) electrons. The van der Waals surface area contributed by atoms with E-state index in [1.54, 1.807) is 0 Å². The first-order valence-electron chi connectivity index (χ1n) is 8.91. The Balaban J connectivity index is 2.15. The molecule has 0 aliphatic heterocycles. The molecule has 0 saturated carbocycles. The lowest BCUT2D eigenvalue weighted by Crippen LogP contribution is -2.23. The second kappa shape index (κ2) is 8.15. The number of benzene rings is 2. The van der Waals surface area contributed by atoms with Crippen LogP contribution in [0.15, 0.2) is 48.0 Å². The Morgan fingerprint density at radius 2 is 1.76 bits per heavy atom. The van der Waals surface area contributed by atoms with Gasteiger partial charge in [0.25, 0.3) is 5.91 Å². The van der Waals surface area contributed by atoms with Gasteiger partial charge >= 0.3 is 0 Å². The van der Waals surface area contributed by atoms with Crippen molar-refractivity contribution in [3.8, 4) is 0 Å². The summed E-state index contributed by atoms with van der Waals surface area (Å²) in [5.41, 5.74) is 7.98. The highest BCUT2D eigenvalue weighted by molar-refractivity contribution is 5.95. The summed E-state index contributed by atoms with van der Waals surface area (Å²) < 4.78 is 0. The van der Waals surface area contributed by atoms with Crippen LogP contribution in [0, 0.1) is 6.92 Å². The Morgan fingerprint density at radius 1 is 1.04 bits per heavy atom. The third-order valence-electron chi connectivity index (χ3n) is 4.72. The van der Waals surface area contributed by atoms with Gasteiger partial charge in [-0.25, -0.2) is 0 Å². The molecule has 1 N–H and O–H groups in total. The summed E-state index contributed by atoms with van der Waals surface area (Å²) in [5, 5.41) is 3.04. The van der Waals surface area contributed by atoms with Crippen LogP contribution in [0.4, 0.5) is 0 Å². The van der Waals surface area contributed by atoms with E-state index >= 15 is 0 Å². The summed E-state index contributed by atoms with van der Waals surface area (Å²) in [7, 11) is 0. The molecule has 0 aromatic heterocycles. The molecule has 0 aliphatic rings. The minimum atomic E-state index is -0.0299. The molecule has 0 heterocycles. The van der Waals surface area contributed by atoms with Crippen molar-refractivity contribution in [3.63, 3.8) is 0 Å². The molecule has 2 nitrogen and oxygen atoms in total. The molecular weight excluding hydrogens is 306 g/mol. The average molecular weight is 335 g/mol. The minimum absolute atomic E-state index is 0.0299. The number of allylic oxidation sites excluding steroid dienone is 2. The van der Waals surface area contributed by atoms with Gasteiger partial charge in [-0.05, 0) is 73.6 Å². The van der Waals surface area contributed by atoms with Crippen molar-refractivity contribution in [1.82, 2.24) is 5.32 Å². The third kappa shape index (κ3) is 4.82. The largest absolute Gasteiger partial charge is 0.348 e. The van der Waals surface area contributed by atoms with Crippen molar-refractivity contribution < 1.29 is 4.79 Å². The van der Waals surface area contributed by atoms with E-state index in [-0.39, 0.29) is 5.91 Å². The van der Waals surface area contributed by atoms with Crippen LogP contribution in [0.1, 0.15) is 73.1 Å². The van der Waals surface area contributed by atoms with Crippen molar-refractivity contribution in [2.75, 3.05) is 0 Å². The fourth-order valence-corrected chi connectivity index (χ4v) is 2.78. The van der Waals surface area contributed by atoms with Crippen molar-refractivity contribution in [2.24, 2.45) is 0 Å². The first kappa shape index (κ1) is 19.0. The highest BCUT2D eigenvalue weighted by atomic mass is 16.1. The number of nitrogens with one attached hydrogen (secondary N) is 1. The average Bonchev–Trinajstić information content (AvgIpc) is 2.59. The molecule has 0 unspecified atom stereocenters. The van der Waals surface area contributed by atoms with Crippen molar-refractivity contribution in [2.45, 2.75) is 54.0 Å². The van der Waals surface area contributed by atoms with E-state index in [1.165, 1.54) is 22.3 Å². The fraction of sp³-hybridized carbons (Fsp3) is 0.348. The molecule has 2 heteroatoms. The molecule has 2 aromatic rings. The van der Waals surface area contributed by atoms with E-state index in [9.17, 15) is 4.79 Å². The number of hydrogen-bond donors (Lipinski definition) is 1. The van der Waals surface area contributed by atoms with E-state index in [0.717, 1.165) is 11.1 Å². The van der Waals surface area contributed by atoms with E-state index in [0.29, 0.717) is 18.0 Å². The van der Waals surface area contributed by atoms with Gasteiger partial charge in [0.15, 0.2) is 0 Å². The lowest BCUT2D eigenvalue weighted by atomic mass is 9.96. The number of carbonyl (C=O) groups is 1. The molecule has 0 saturated heterocycles. The van der Waals surface area contributed by atoms with E-state index in [4.69, 9.17) is 0 Å². The molecule has 0 fully saturated rings. The van der Waals surface area contributed by atoms with Crippen LogP contribution >= 0.6 is 0 Å². The molecule has 0 bridgehead atoms. The second-order valence-electron chi connectivity index (χ2n) is 7.24. The van der Waals surface area contributed by atoms with Crippen LogP contribution in [0.25, 0.3) is 5.57 Å². The summed E-state index contributed by atoms with van der Waals surface area (Å²) in [6, 6.07) is 14.3. The van der Waals surface area contributed by atoms with Crippen LogP contribution in [0.2, 0.25) is 0 Å². The summed E-state index contributed by atoms with van der Waals surface area (Å²) >= 11 is 0. The van der Waals surface area contributed by atoms with Gasteiger partial charge in [-0.15, -0.1) is 0 Å². The molecule has 2 rings (SSSR count). The van der Waals surface area contributed by atoms with Gasteiger partial charge in [-0.2, -0.15) is 0 Å². The Kier molecular flexibility index (Phi) is 6.19. The van der Waals surface area contributed by atoms with Gasteiger partial charge in [0, 0.05) is 12.1 Å². The highest BCUT2D eigenvalue weighted by Crippen LogP contribution is 2.23. The van der Waals surface area contributed by atoms with Gasteiger partial charge in [0.05, 0.1) is 0 Å². The molecule has 132 valence electrons. The number of carbonyl (C=O) groups excluding carboxylic acids is 1. The topological polar surface area (TPSA) is 29.1 Å². The maximum atomic E-state index is 12.6. The molecule has 1 amide bonds. The van der Waals surface area contributed by atoms with Gasteiger partial charge in [-0.3, -0.25) is 4.79 Å². The highest BCUT2D eigenvalue weighted by Gasteiger charge is 2.10. The second-order valence-corrected chi connectivity index (χ2v) is 7.24. The lowest BCUT2D eigenvalue weighted by Gasteiger charge is -2.12. The van der Waals surface area contributed by atoms with Gasteiger partial charge in [0.2, 0.25) is 0 Å². The zero-order valence-corrected chi connectivity index (χ0v) is 16.2. The summed E-state index contributed by atoms with van der Waals surface area (Å²) in [5.74, 6) is 0.458. The number of hydrogen-bond acceptors (Lipinski definition) is 1. The number of amides is 1. The smallest absolute Gasteiger partial charge is 0.251 e. The maximum Gasteiger partial charge on any atom is 0.251 e. The van der Waals surface area contributed by atoms with E-state index < -0.39 is 0 Å². The van der Waals surface area contributed by atoms with Crippen molar-refractivity contribution in [3.05, 3.63) is 75.9 Å². The number of aryl methyl sites for hydroxylation is 1. The van der Waals surface area contributed by atoms with Crippen LogP contribution in [0.5, 0.6) is 0 Å². The van der Waals surface area contributed by atoms with E-state index in [1.807, 2.05) is 18.2 Å². The Bertz CT molecular complexity index is 795. The lowest BCUT2D eigenvalue weighted by molar-refractivity contribution is 0.0951. The van der Waals surface area contributed by atoms with Crippen LogP contribution in [0.3, 0.4) is 0 Å². The molecule has 0 aliphatic carbocycles.